The molecule has 0 fully saturated rings. The average Bonchev–Trinajstić information content (AvgIpc) is 2.61. The van der Waals surface area contributed by atoms with E-state index in [1.807, 2.05) is 13.8 Å². The number of anilines is 1. The van der Waals surface area contributed by atoms with E-state index >= 15 is 0 Å². The van der Waals surface area contributed by atoms with Crippen LogP contribution in [0.25, 0.3) is 0 Å². The number of amides is 2. The molecule has 0 radical (unpaired) electrons. The molecular weight excluding hydrogens is 350 g/mol. The first kappa shape index (κ1) is 22.0. The number of ether oxygens (including phenoxy) is 1. The SMILES string of the molecule is CC(=O)N[C@H](C(=O)NC/C(=C\O)Nc1ccc(COC(C)=O)cc1)C(C)C. The minimum atomic E-state index is -0.650. The maximum Gasteiger partial charge on any atom is 0.302 e. The molecule has 1 rings (SSSR count). The van der Waals surface area contributed by atoms with Crippen molar-refractivity contribution in [2.24, 2.45) is 5.92 Å². The summed E-state index contributed by atoms with van der Waals surface area (Å²) in [5.41, 5.74) is 1.90. The highest BCUT2D eigenvalue weighted by molar-refractivity contribution is 5.87. The van der Waals surface area contributed by atoms with Crippen LogP contribution in [-0.4, -0.2) is 35.5 Å². The lowest BCUT2D eigenvalue weighted by atomic mass is 10.0. The maximum absolute atomic E-state index is 12.3. The van der Waals surface area contributed by atoms with Gasteiger partial charge in [0.05, 0.1) is 12.2 Å². The molecular formula is C19H27N3O5. The number of carbonyl (C=O) groups excluding carboxylic acids is 3. The molecule has 0 aliphatic heterocycles. The Morgan fingerprint density at radius 2 is 1.78 bits per heavy atom. The van der Waals surface area contributed by atoms with Gasteiger partial charge in [-0.2, -0.15) is 0 Å². The van der Waals surface area contributed by atoms with Crippen LogP contribution in [0.4, 0.5) is 5.69 Å². The third kappa shape index (κ3) is 8.26. The van der Waals surface area contributed by atoms with Crippen LogP contribution in [-0.2, 0) is 25.7 Å². The second kappa shape index (κ2) is 10.8. The van der Waals surface area contributed by atoms with Gasteiger partial charge in [-0.3, -0.25) is 14.4 Å². The molecule has 27 heavy (non-hydrogen) atoms. The summed E-state index contributed by atoms with van der Waals surface area (Å²) in [5, 5.41) is 17.7. The molecule has 0 aromatic heterocycles. The van der Waals surface area contributed by atoms with Gasteiger partial charge in [0.2, 0.25) is 11.8 Å². The Morgan fingerprint density at radius 1 is 1.15 bits per heavy atom. The molecule has 1 aromatic carbocycles. The van der Waals surface area contributed by atoms with Crippen LogP contribution < -0.4 is 16.0 Å². The lowest BCUT2D eigenvalue weighted by Gasteiger charge is -2.21. The number of benzene rings is 1. The van der Waals surface area contributed by atoms with Crippen LogP contribution >= 0.6 is 0 Å². The van der Waals surface area contributed by atoms with E-state index < -0.39 is 6.04 Å². The highest BCUT2D eigenvalue weighted by Gasteiger charge is 2.22. The third-order valence-electron chi connectivity index (χ3n) is 3.62. The van der Waals surface area contributed by atoms with E-state index in [9.17, 15) is 19.5 Å². The summed E-state index contributed by atoms with van der Waals surface area (Å²) in [6.07, 6.45) is 0.871. The first-order chi connectivity index (χ1) is 12.7. The van der Waals surface area contributed by atoms with E-state index in [1.54, 1.807) is 24.3 Å². The van der Waals surface area contributed by atoms with Gasteiger partial charge in [0.1, 0.15) is 18.9 Å². The zero-order chi connectivity index (χ0) is 20.4. The van der Waals surface area contributed by atoms with Crippen molar-refractivity contribution in [3.8, 4) is 0 Å². The summed E-state index contributed by atoms with van der Waals surface area (Å²) >= 11 is 0. The van der Waals surface area contributed by atoms with Crippen LogP contribution in [0.1, 0.15) is 33.3 Å². The predicted molar refractivity (Wildman–Crippen MR) is 102 cm³/mol. The molecule has 4 N–H and O–H groups in total. The van der Waals surface area contributed by atoms with Gasteiger partial charge in [0.25, 0.3) is 0 Å². The second-order valence-corrected chi connectivity index (χ2v) is 6.40. The Bertz CT molecular complexity index is 683. The number of aliphatic hydroxyl groups is 1. The average molecular weight is 377 g/mol. The van der Waals surface area contributed by atoms with E-state index in [2.05, 4.69) is 16.0 Å². The summed E-state index contributed by atoms with van der Waals surface area (Å²) in [7, 11) is 0. The van der Waals surface area contributed by atoms with Gasteiger partial charge >= 0.3 is 5.97 Å². The molecule has 0 heterocycles. The van der Waals surface area contributed by atoms with Crippen LogP contribution in [0.15, 0.2) is 36.2 Å². The monoisotopic (exact) mass is 377 g/mol. The highest BCUT2D eigenvalue weighted by Crippen LogP contribution is 2.13. The number of nitrogens with one attached hydrogen (secondary N) is 3. The van der Waals surface area contributed by atoms with Crippen LogP contribution in [0, 0.1) is 5.92 Å². The highest BCUT2D eigenvalue weighted by atomic mass is 16.5. The van der Waals surface area contributed by atoms with Gasteiger partial charge in [-0.15, -0.1) is 0 Å². The van der Waals surface area contributed by atoms with E-state index in [-0.39, 0.29) is 36.9 Å². The summed E-state index contributed by atoms with van der Waals surface area (Å²) in [6, 6.07) is 6.44. The lowest BCUT2D eigenvalue weighted by molar-refractivity contribution is -0.142. The Balaban J connectivity index is 2.60. The van der Waals surface area contributed by atoms with E-state index in [1.165, 1.54) is 13.8 Å². The van der Waals surface area contributed by atoms with Gasteiger partial charge in [-0.25, -0.2) is 0 Å². The van der Waals surface area contributed by atoms with Crippen molar-refractivity contribution in [1.82, 2.24) is 10.6 Å². The fraction of sp³-hybridized carbons (Fsp3) is 0.421. The minimum absolute atomic E-state index is 0.0628. The molecule has 0 saturated heterocycles. The zero-order valence-corrected chi connectivity index (χ0v) is 16.0. The molecule has 0 aliphatic carbocycles. The topological polar surface area (TPSA) is 117 Å². The second-order valence-electron chi connectivity index (χ2n) is 6.40. The summed E-state index contributed by atoms with van der Waals surface area (Å²) in [5.74, 6) is -1.04. The van der Waals surface area contributed by atoms with Gasteiger partial charge < -0.3 is 25.8 Å². The fourth-order valence-corrected chi connectivity index (χ4v) is 2.22. The Kier molecular flexibility index (Phi) is 8.84. The molecule has 1 atom stereocenters. The van der Waals surface area contributed by atoms with Gasteiger partial charge in [-0.1, -0.05) is 26.0 Å². The number of rotatable bonds is 9. The quantitative estimate of drug-likeness (QED) is 0.385. The van der Waals surface area contributed by atoms with E-state index in [4.69, 9.17) is 4.74 Å². The smallest absolute Gasteiger partial charge is 0.302 e. The molecule has 8 nitrogen and oxygen atoms in total. The summed E-state index contributed by atoms with van der Waals surface area (Å²) < 4.78 is 4.92. The number of esters is 1. The van der Waals surface area contributed by atoms with Crippen molar-refractivity contribution in [3.63, 3.8) is 0 Å². The molecule has 1 aromatic rings. The normalized spacial score (nSPS) is 12.3. The molecule has 8 heteroatoms. The zero-order valence-electron chi connectivity index (χ0n) is 16.0. The largest absolute Gasteiger partial charge is 0.514 e. The summed E-state index contributed by atoms with van der Waals surface area (Å²) in [6.45, 7) is 6.62. The first-order valence-electron chi connectivity index (χ1n) is 8.60. The number of hydrogen-bond acceptors (Lipinski definition) is 6. The molecule has 0 saturated carbocycles. The van der Waals surface area contributed by atoms with Crippen molar-refractivity contribution in [2.45, 2.75) is 40.3 Å². The Morgan fingerprint density at radius 3 is 2.26 bits per heavy atom. The minimum Gasteiger partial charge on any atom is -0.514 e. The van der Waals surface area contributed by atoms with Crippen molar-refractivity contribution >= 4 is 23.5 Å². The third-order valence-corrected chi connectivity index (χ3v) is 3.62. The number of aliphatic hydroxyl groups excluding tert-OH is 1. The van der Waals surface area contributed by atoms with Gasteiger partial charge in [0, 0.05) is 19.5 Å². The molecule has 0 unspecified atom stereocenters. The number of carbonyl (C=O) groups is 3. The molecule has 2 amide bonds. The van der Waals surface area contributed by atoms with Gasteiger partial charge in [-0.05, 0) is 23.6 Å². The molecule has 0 bridgehead atoms. The van der Waals surface area contributed by atoms with E-state index in [0.29, 0.717) is 11.4 Å². The van der Waals surface area contributed by atoms with Gasteiger partial charge in [0.15, 0.2) is 0 Å². The summed E-state index contributed by atoms with van der Waals surface area (Å²) in [4.78, 5) is 34.3. The molecule has 148 valence electrons. The standard InChI is InChI=1S/C19H27N3O5/c1-12(2)18(21-13(3)24)19(26)20-9-17(10-23)22-16-7-5-15(6-8-16)11-27-14(4)25/h5-8,10,12,18,22-23H,9,11H2,1-4H3,(H,20,26)(H,21,24)/b17-10+/t18-/m0/s1. The van der Waals surface area contributed by atoms with E-state index in [0.717, 1.165) is 11.8 Å². The lowest BCUT2D eigenvalue weighted by Crippen LogP contribution is -2.49. The van der Waals surface area contributed by atoms with Crippen LogP contribution in [0.5, 0.6) is 0 Å². The molecule has 0 spiro atoms. The molecule has 0 aliphatic rings. The first-order valence-corrected chi connectivity index (χ1v) is 8.60. The van der Waals surface area contributed by atoms with Crippen molar-refractivity contribution in [3.05, 3.63) is 41.8 Å². The Hall–Kier alpha value is -3.03. The maximum atomic E-state index is 12.3. The Labute approximate surface area is 159 Å². The van der Waals surface area contributed by atoms with Crippen molar-refractivity contribution < 1.29 is 24.2 Å². The van der Waals surface area contributed by atoms with Crippen LogP contribution in [0.3, 0.4) is 0 Å². The van der Waals surface area contributed by atoms with Crippen molar-refractivity contribution in [2.75, 3.05) is 11.9 Å². The fourth-order valence-electron chi connectivity index (χ4n) is 2.22. The van der Waals surface area contributed by atoms with Crippen LogP contribution in [0.2, 0.25) is 0 Å². The predicted octanol–water partition coefficient (Wildman–Crippen LogP) is 1.84. The van der Waals surface area contributed by atoms with Crippen molar-refractivity contribution in [1.29, 1.82) is 0 Å². The number of hydrogen-bond donors (Lipinski definition) is 4.